The van der Waals surface area contributed by atoms with Gasteiger partial charge in [-0.3, -0.25) is 4.79 Å². The lowest BCUT2D eigenvalue weighted by atomic mass is 10.2. The van der Waals surface area contributed by atoms with Crippen molar-refractivity contribution in [1.29, 1.82) is 0 Å². The largest absolute Gasteiger partial charge is 0.296 e. The highest BCUT2D eigenvalue weighted by molar-refractivity contribution is 14.1. The van der Waals surface area contributed by atoms with Crippen LogP contribution in [-0.4, -0.2) is 11.3 Å². The number of aldehydes is 1. The molecule has 70 valence electrons. The number of aromatic nitrogens is 1. The van der Waals surface area contributed by atoms with Crippen LogP contribution in [0.15, 0.2) is 10.7 Å². The fraction of sp³-hybridized carbons (Fsp3) is 0.143. The Morgan fingerprint density at radius 3 is 2.69 bits per heavy atom. The predicted molar refractivity (Wildman–Crippen MR) is 55.0 cm³/mol. The maximum absolute atomic E-state index is 12.4. The molecular formula is C7H3BrF2INO. The van der Waals surface area contributed by atoms with Crippen molar-refractivity contribution in [2.75, 3.05) is 0 Å². The van der Waals surface area contributed by atoms with Crippen LogP contribution in [0.4, 0.5) is 8.78 Å². The molecule has 0 radical (unpaired) electrons. The Balaban J connectivity index is 3.32. The Hall–Kier alpha value is -0.110. The van der Waals surface area contributed by atoms with Crippen LogP contribution in [0.25, 0.3) is 0 Å². The molecule has 0 fully saturated rings. The topological polar surface area (TPSA) is 30.0 Å². The minimum Gasteiger partial charge on any atom is -0.296 e. The zero-order valence-corrected chi connectivity index (χ0v) is 9.84. The summed E-state index contributed by atoms with van der Waals surface area (Å²) in [6.07, 6.45) is -2.16. The van der Waals surface area contributed by atoms with E-state index in [1.807, 2.05) is 0 Å². The molecule has 13 heavy (non-hydrogen) atoms. The number of nitrogens with zero attached hydrogens (tertiary/aromatic N) is 1. The van der Waals surface area contributed by atoms with E-state index in [1.54, 1.807) is 22.6 Å². The zero-order chi connectivity index (χ0) is 10.0. The lowest BCUT2D eigenvalue weighted by molar-refractivity contribution is 0.111. The lowest BCUT2D eigenvalue weighted by Crippen LogP contribution is -1.97. The summed E-state index contributed by atoms with van der Waals surface area (Å²) in [5.74, 6) is 0. The highest BCUT2D eigenvalue weighted by Crippen LogP contribution is 2.28. The summed E-state index contributed by atoms with van der Waals surface area (Å²) >= 11 is 4.74. The molecule has 6 heteroatoms. The Morgan fingerprint density at radius 1 is 1.62 bits per heavy atom. The monoisotopic (exact) mass is 361 g/mol. The smallest absolute Gasteiger partial charge is 0.265 e. The molecule has 2 nitrogen and oxygen atoms in total. The standard InChI is InChI=1S/C7H3BrF2INO/c8-6-5(11)4(7(9)10)1-3(2-13)12-6/h1-2,7H. The molecule has 0 saturated heterocycles. The van der Waals surface area contributed by atoms with E-state index < -0.39 is 6.43 Å². The molecular weight excluding hydrogens is 359 g/mol. The van der Waals surface area contributed by atoms with Gasteiger partial charge in [0.05, 0.1) is 3.57 Å². The van der Waals surface area contributed by atoms with Crippen molar-refractivity contribution >= 4 is 44.8 Å². The van der Waals surface area contributed by atoms with E-state index in [9.17, 15) is 13.6 Å². The number of halogens is 4. The second kappa shape index (κ2) is 4.41. The third kappa shape index (κ3) is 2.43. The van der Waals surface area contributed by atoms with E-state index in [1.165, 1.54) is 0 Å². The molecule has 1 heterocycles. The van der Waals surface area contributed by atoms with E-state index in [0.29, 0.717) is 9.86 Å². The van der Waals surface area contributed by atoms with Crippen molar-refractivity contribution in [2.45, 2.75) is 6.43 Å². The SMILES string of the molecule is O=Cc1cc(C(F)F)c(I)c(Br)n1. The third-order valence-electron chi connectivity index (χ3n) is 1.32. The second-order valence-electron chi connectivity index (χ2n) is 2.16. The number of hydrogen-bond donors (Lipinski definition) is 0. The Labute approximate surface area is 95.0 Å². The molecule has 0 aromatic carbocycles. The fourth-order valence-corrected chi connectivity index (χ4v) is 1.70. The number of carbonyl (C=O) groups is 1. The Morgan fingerprint density at radius 2 is 2.23 bits per heavy atom. The van der Waals surface area contributed by atoms with Crippen molar-refractivity contribution in [2.24, 2.45) is 0 Å². The Kier molecular flexibility index (Phi) is 3.72. The maximum atomic E-state index is 12.4. The van der Waals surface area contributed by atoms with E-state index in [0.717, 1.165) is 6.07 Å². The number of rotatable bonds is 2. The summed E-state index contributed by atoms with van der Waals surface area (Å²) in [5.41, 5.74) is -0.174. The molecule has 0 atom stereocenters. The fourth-order valence-electron chi connectivity index (χ4n) is 0.756. The van der Waals surface area contributed by atoms with Gasteiger partial charge in [-0.15, -0.1) is 0 Å². The van der Waals surface area contributed by atoms with Gasteiger partial charge in [0.1, 0.15) is 10.3 Å². The summed E-state index contributed by atoms with van der Waals surface area (Å²) in [4.78, 5) is 14.1. The second-order valence-corrected chi connectivity index (χ2v) is 3.99. The minimum atomic E-state index is -2.59. The highest BCUT2D eigenvalue weighted by Gasteiger charge is 2.15. The van der Waals surface area contributed by atoms with Crippen LogP contribution in [0.1, 0.15) is 22.5 Å². The first-order valence-corrected chi connectivity index (χ1v) is 5.02. The van der Waals surface area contributed by atoms with Crippen LogP contribution < -0.4 is 0 Å². The normalized spacial score (nSPS) is 10.5. The van der Waals surface area contributed by atoms with Gasteiger partial charge < -0.3 is 0 Å². The average Bonchev–Trinajstić information content (AvgIpc) is 2.09. The van der Waals surface area contributed by atoms with Crippen LogP contribution in [0.3, 0.4) is 0 Å². The van der Waals surface area contributed by atoms with Crippen molar-refractivity contribution in [3.63, 3.8) is 0 Å². The van der Waals surface area contributed by atoms with Crippen LogP contribution in [-0.2, 0) is 0 Å². The van der Waals surface area contributed by atoms with E-state index >= 15 is 0 Å². The van der Waals surface area contributed by atoms with Crippen molar-refractivity contribution in [3.8, 4) is 0 Å². The minimum absolute atomic E-state index is 0.00240. The van der Waals surface area contributed by atoms with Crippen molar-refractivity contribution in [1.82, 2.24) is 4.98 Å². The average molecular weight is 362 g/mol. The maximum Gasteiger partial charge on any atom is 0.265 e. The molecule has 0 saturated carbocycles. The van der Waals surface area contributed by atoms with E-state index in [2.05, 4.69) is 20.9 Å². The number of hydrogen-bond acceptors (Lipinski definition) is 2. The van der Waals surface area contributed by atoms with Crippen LogP contribution in [0.5, 0.6) is 0 Å². The van der Waals surface area contributed by atoms with Gasteiger partial charge in [0.2, 0.25) is 0 Å². The van der Waals surface area contributed by atoms with Crippen LogP contribution >= 0.6 is 38.5 Å². The number of pyridine rings is 1. The first-order chi connectivity index (χ1) is 6.06. The van der Waals surface area contributed by atoms with Gasteiger partial charge in [-0.25, -0.2) is 13.8 Å². The summed E-state index contributed by atoms with van der Waals surface area (Å²) in [6, 6.07) is 1.09. The van der Waals surface area contributed by atoms with E-state index in [4.69, 9.17) is 0 Å². The highest BCUT2D eigenvalue weighted by atomic mass is 127. The van der Waals surface area contributed by atoms with Gasteiger partial charge in [0.15, 0.2) is 6.29 Å². The van der Waals surface area contributed by atoms with Crippen molar-refractivity contribution < 1.29 is 13.6 Å². The zero-order valence-electron chi connectivity index (χ0n) is 6.10. The summed E-state index contributed by atoms with van der Waals surface area (Å²) in [6.45, 7) is 0. The third-order valence-corrected chi connectivity index (χ3v) is 3.77. The molecule has 0 aliphatic carbocycles. The van der Waals surface area contributed by atoms with Gasteiger partial charge in [-0.2, -0.15) is 0 Å². The molecule has 1 rings (SSSR count). The van der Waals surface area contributed by atoms with Gasteiger partial charge >= 0.3 is 0 Å². The molecule has 0 unspecified atom stereocenters. The quantitative estimate of drug-likeness (QED) is 0.460. The van der Waals surface area contributed by atoms with Crippen molar-refractivity contribution in [3.05, 3.63) is 25.5 Å². The first-order valence-electron chi connectivity index (χ1n) is 3.15. The van der Waals surface area contributed by atoms with Gasteiger partial charge in [-0.05, 0) is 44.6 Å². The molecule has 0 aliphatic rings. The van der Waals surface area contributed by atoms with E-state index in [-0.39, 0.29) is 15.9 Å². The number of alkyl halides is 2. The van der Waals surface area contributed by atoms with Gasteiger partial charge in [0.25, 0.3) is 6.43 Å². The van der Waals surface area contributed by atoms with Crippen LogP contribution in [0.2, 0.25) is 0 Å². The van der Waals surface area contributed by atoms with Gasteiger partial charge in [-0.1, -0.05) is 0 Å². The molecule has 0 amide bonds. The molecule has 1 aromatic heterocycles. The Bertz CT molecular complexity index is 346. The summed E-state index contributed by atoms with van der Waals surface area (Å²) in [5, 5.41) is 0. The molecule has 1 aromatic rings. The molecule has 0 spiro atoms. The number of carbonyl (C=O) groups excluding carboxylic acids is 1. The molecule has 0 bridgehead atoms. The molecule has 0 aliphatic heterocycles. The molecule has 0 N–H and O–H groups in total. The summed E-state index contributed by atoms with van der Waals surface area (Å²) < 4.78 is 25.3. The summed E-state index contributed by atoms with van der Waals surface area (Å²) in [7, 11) is 0. The predicted octanol–water partition coefficient (Wildman–Crippen LogP) is 3.20. The first kappa shape index (κ1) is 11.0. The van der Waals surface area contributed by atoms with Gasteiger partial charge in [0, 0.05) is 5.56 Å². The lowest BCUT2D eigenvalue weighted by Gasteiger charge is -2.04. The van der Waals surface area contributed by atoms with Crippen LogP contribution in [0, 0.1) is 3.57 Å².